The van der Waals surface area contributed by atoms with E-state index in [0.29, 0.717) is 22.7 Å². The van der Waals surface area contributed by atoms with Gasteiger partial charge in [-0.15, -0.1) is 0 Å². The van der Waals surface area contributed by atoms with Crippen LogP contribution < -0.4 is 19.7 Å². The Morgan fingerprint density at radius 2 is 1.66 bits per heavy atom. The molecule has 4 rings (SSSR count). The lowest BCUT2D eigenvalue weighted by molar-refractivity contribution is -0.122. The summed E-state index contributed by atoms with van der Waals surface area (Å²) >= 11 is 0. The number of nitrogens with one attached hydrogen (secondary N) is 1. The molecule has 0 radical (unpaired) electrons. The molecule has 1 saturated heterocycles. The van der Waals surface area contributed by atoms with Gasteiger partial charge in [-0.1, -0.05) is 44.2 Å². The number of hydrogen-bond donors (Lipinski definition) is 2. The van der Waals surface area contributed by atoms with E-state index in [2.05, 4.69) is 5.32 Å². The molecule has 0 spiro atoms. The second-order valence-corrected chi connectivity index (χ2v) is 8.91. The zero-order chi connectivity index (χ0) is 27.4. The number of benzene rings is 3. The first-order valence-electron chi connectivity index (χ1n) is 11.8. The maximum Gasteiger partial charge on any atom is 0.335 e. The van der Waals surface area contributed by atoms with Crippen LogP contribution in [0.25, 0.3) is 6.08 Å². The normalized spacial score (nSPS) is 14.6. The summed E-state index contributed by atoms with van der Waals surface area (Å²) in [6.45, 7) is 4.25. The van der Waals surface area contributed by atoms with Crippen molar-refractivity contribution < 1.29 is 33.8 Å². The fraction of sp³-hybridized carbons (Fsp3) is 0.172. The number of ether oxygens (including phenoxy) is 2. The Labute approximate surface area is 219 Å². The van der Waals surface area contributed by atoms with Gasteiger partial charge in [0.1, 0.15) is 12.2 Å². The predicted molar refractivity (Wildman–Crippen MR) is 140 cm³/mol. The molecule has 1 aliphatic heterocycles. The monoisotopic (exact) mass is 514 g/mol. The van der Waals surface area contributed by atoms with Gasteiger partial charge in [-0.05, 0) is 65.1 Å². The van der Waals surface area contributed by atoms with E-state index in [0.717, 1.165) is 16.0 Å². The first kappa shape index (κ1) is 26.2. The smallest absolute Gasteiger partial charge is 0.335 e. The van der Waals surface area contributed by atoms with Crippen LogP contribution in [0.1, 0.15) is 46.8 Å². The number of nitrogens with zero attached hydrogens (tertiary/aromatic N) is 1. The summed E-state index contributed by atoms with van der Waals surface area (Å²) in [6, 6.07) is 17.4. The number of imide groups is 2. The summed E-state index contributed by atoms with van der Waals surface area (Å²) in [5, 5.41) is 11.2. The standard InChI is InChI=1S/C29H26N2O7/c1-17(2)20-9-11-22(12-10-20)31-27(33)23(26(32)30-29(31)36)14-19-6-13-24(25(15-19)37-3)38-16-18-4-7-21(8-5-18)28(34)35/h4-15,17H,16H2,1-3H3,(H,34,35)(H,30,32,36)/b23-14+. The third-order valence-electron chi connectivity index (χ3n) is 6.01. The Kier molecular flexibility index (Phi) is 7.57. The second kappa shape index (κ2) is 11.0. The van der Waals surface area contributed by atoms with Crippen LogP contribution in [-0.4, -0.2) is 36.0 Å². The van der Waals surface area contributed by atoms with E-state index in [-0.39, 0.29) is 23.7 Å². The van der Waals surface area contributed by atoms with Crippen LogP contribution in [0.5, 0.6) is 11.5 Å². The van der Waals surface area contributed by atoms with Gasteiger partial charge in [-0.25, -0.2) is 14.5 Å². The molecule has 4 amide bonds. The Hall–Kier alpha value is -4.92. The van der Waals surface area contributed by atoms with E-state index < -0.39 is 23.8 Å². The molecule has 0 aliphatic carbocycles. The van der Waals surface area contributed by atoms with Crippen LogP contribution >= 0.6 is 0 Å². The fourth-order valence-electron chi connectivity index (χ4n) is 3.86. The highest BCUT2D eigenvalue weighted by atomic mass is 16.5. The quantitative estimate of drug-likeness (QED) is 0.328. The number of carboxylic acids is 1. The van der Waals surface area contributed by atoms with E-state index in [9.17, 15) is 19.2 Å². The maximum atomic E-state index is 13.2. The predicted octanol–water partition coefficient (Wildman–Crippen LogP) is 4.76. The first-order valence-corrected chi connectivity index (χ1v) is 11.8. The van der Waals surface area contributed by atoms with Gasteiger partial charge in [-0.2, -0.15) is 0 Å². The third kappa shape index (κ3) is 5.57. The molecule has 3 aromatic rings. The lowest BCUT2D eigenvalue weighted by atomic mass is 10.0. The van der Waals surface area contributed by atoms with Gasteiger partial charge in [0.05, 0.1) is 18.4 Å². The molecule has 0 unspecified atom stereocenters. The summed E-state index contributed by atoms with van der Waals surface area (Å²) in [7, 11) is 1.46. The number of carbonyl (C=O) groups is 4. The largest absolute Gasteiger partial charge is 0.493 e. The minimum absolute atomic E-state index is 0.171. The minimum atomic E-state index is -1.01. The number of rotatable bonds is 8. The molecule has 9 nitrogen and oxygen atoms in total. The number of hydrogen-bond acceptors (Lipinski definition) is 6. The molecule has 0 saturated carbocycles. The van der Waals surface area contributed by atoms with Crippen LogP contribution in [0, 0.1) is 0 Å². The van der Waals surface area contributed by atoms with Gasteiger partial charge in [0.2, 0.25) is 0 Å². The SMILES string of the molecule is COc1cc(/C=C2\C(=O)NC(=O)N(c3ccc(C(C)C)cc3)C2=O)ccc1OCc1ccc(C(=O)O)cc1. The number of methoxy groups -OCH3 is 1. The summed E-state index contributed by atoms with van der Waals surface area (Å²) in [6.07, 6.45) is 1.39. The molecule has 0 atom stereocenters. The molecule has 2 N–H and O–H groups in total. The molecule has 9 heteroatoms. The van der Waals surface area contributed by atoms with Gasteiger partial charge >= 0.3 is 12.0 Å². The molecular weight excluding hydrogens is 488 g/mol. The van der Waals surface area contributed by atoms with Gasteiger partial charge in [0.15, 0.2) is 11.5 Å². The minimum Gasteiger partial charge on any atom is -0.493 e. The summed E-state index contributed by atoms with van der Waals surface area (Å²) in [5.74, 6) is -1.48. The van der Waals surface area contributed by atoms with Crippen molar-refractivity contribution in [2.24, 2.45) is 0 Å². The number of carboxylic acid groups (broad SMARTS) is 1. The summed E-state index contributed by atoms with van der Waals surface area (Å²) < 4.78 is 11.2. The van der Waals surface area contributed by atoms with Gasteiger partial charge in [0, 0.05) is 0 Å². The zero-order valence-electron chi connectivity index (χ0n) is 21.1. The van der Waals surface area contributed by atoms with Crippen LogP contribution in [-0.2, 0) is 16.2 Å². The van der Waals surface area contributed by atoms with Crippen molar-refractivity contribution >= 4 is 35.6 Å². The van der Waals surface area contributed by atoms with E-state index in [4.69, 9.17) is 14.6 Å². The van der Waals surface area contributed by atoms with Crippen LogP contribution in [0.2, 0.25) is 0 Å². The maximum absolute atomic E-state index is 13.2. The Morgan fingerprint density at radius 3 is 2.26 bits per heavy atom. The molecule has 3 aromatic carbocycles. The number of amides is 4. The molecule has 38 heavy (non-hydrogen) atoms. The van der Waals surface area contributed by atoms with E-state index in [1.54, 1.807) is 42.5 Å². The van der Waals surface area contributed by atoms with Gasteiger partial charge in [-0.3, -0.25) is 14.9 Å². The number of aromatic carboxylic acids is 1. The Balaban J connectivity index is 1.55. The number of carbonyl (C=O) groups excluding carboxylic acids is 3. The third-order valence-corrected chi connectivity index (χ3v) is 6.01. The van der Waals surface area contributed by atoms with Gasteiger partial charge < -0.3 is 14.6 Å². The van der Waals surface area contributed by atoms with Crippen LogP contribution in [0.3, 0.4) is 0 Å². The highest BCUT2D eigenvalue weighted by molar-refractivity contribution is 6.39. The number of anilines is 1. The lowest BCUT2D eigenvalue weighted by Gasteiger charge is -2.26. The highest BCUT2D eigenvalue weighted by Crippen LogP contribution is 2.31. The van der Waals surface area contributed by atoms with E-state index >= 15 is 0 Å². The van der Waals surface area contributed by atoms with Crippen LogP contribution in [0.4, 0.5) is 10.5 Å². The molecule has 1 aliphatic rings. The van der Waals surface area contributed by atoms with Crippen LogP contribution in [0.15, 0.2) is 72.3 Å². The molecule has 1 heterocycles. The lowest BCUT2D eigenvalue weighted by Crippen LogP contribution is -2.54. The molecule has 0 aromatic heterocycles. The molecule has 1 fully saturated rings. The summed E-state index contributed by atoms with van der Waals surface area (Å²) in [4.78, 5) is 50.2. The van der Waals surface area contributed by atoms with E-state index in [1.165, 1.54) is 25.3 Å². The van der Waals surface area contributed by atoms with Crippen molar-refractivity contribution in [3.8, 4) is 11.5 Å². The molecular formula is C29H26N2O7. The van der Waals surface area contributed by atoms with Crippen molar-refractivity contribution in [3.63, 3.8) is 0 Å². The zero-order valence-corrected chi connectivity index (χ0v) is 21.1. The Morgan fingerprint density at radius 1 is 0.974 bits per heavy atom. The van der Waals surface area contributed by atoms with Crippen molar-refractivity contribution in [1.82, 2.24) is 5.32 Å². The van der Waals surface area contributed by atoms with E-state index in [1.807, 2.05) is 26.0 Å². The Bertz CT molecular complexity index is 1420. The highest BCUT2D eigenvalue weighted by Gasteiger charge is 2.36. The van der Waals surface area contributed by atoms with Crippen molar-refractivity contribution in [2.45, 2.75) is 26.4 Å². The second-order valence-electron chi connectivity index (χ2n) is 8.91. The topological polar surface area (TPSA) is 122 Å². The summed E-state index contributed by atoms with van der Waals surface area (Å²) in [5.41, 5.74) is 2.64. The number of barbiturate groups is 1. The van der Waals surface area contributed by atoms with Crippen molar-refractivity contribution in [1.29, 1.82) is 0 Å². The van der Waals surface area contributed by atoms with Crippen molar-refractivity contribution in [3.05, 3.63) is 94.6 Å². The average Bonchev–Trinajstić information content (AvgIpc) is 2.90. The number of urea groups is 1. The van der Waals surface area contributed by atoms with Crippen molar-refractivity contribution in [2.75, 3.05) is 12.0 Å². The average molecular weight is 515 g/mol. The fourth-order valence-corrected chi connectivity index (χ4v) is 3.86. The first-order chi connectivity index (χ1) is 18.2. The van der Waals surface area contributed by atoms with Gasteiger partial charge in [0.25, 0.3) is 11.8 Å². The molecule has 0 bridgehead atoms. The molecule has 194 valence electrons.